The molecule has 2 heterocycles. The molecule has 7 nitrogen and oxygen atoms in total. The third kappa shape index (κ3) is 4.36. The lowest BCUT2D eigenvalue weighted by atomic mass is 10.2. The molecule has 2 aromatic heterocycles. The Hall–Kier alpha value is -2.40. The molecule has 1 N–H and O–H groups in total. The first-order valence-corrected chi connectivity index (χ1v) is 9.06. The van der Waals surface area contributed by atoms with Gasteiger partial charge in [-0.25, -0.2) is 22.8 Å². The second-order valence-electron chi connectivity index (χ2n) is 5.76. The summed E-state index contributed by atoms with van der Waals surface area (Å²) in [6.07, 6.45) is -1.46. The Morgan fingerprint density at radius 1 is 1.36 bits per heavy atom. The normalized spacial score (nSPS) is 11.2. The quantitative estimate of drug-likeness (QED) is 0.583. The fourth-order valence-corrected chi connectivity index (χ4v) is 3.09. The summed E-state index contributed by atoms with van der Waals surface area (Å²) in [5, 5.41) is 10.4. The SMILES string of the molecule is Cc1c(Br)c(C(F)F)nn1CC(=O)Nc1ncn(Cc2c(F)cccc2Cl)n1. The van der Waals surface area contributed by atoms with E-state index in [1.54, 1.807) is 13.0 Å². The number of rotatable bonds is 6. The summed E-state index contributed by atoms with van der Waals surface area (Å²) in [6.45, 7) is 1.28. The number of hydrogen-bond acceptors (Lipinski definition) is 4. The van der Waals surface area contributed by atoms with Gasteiger partial charge in [0.2, 0.25) is 11.9 Å². The average Bonchev–Trinajstić information content (AvgIpc) is 3.17. The van der Waals surface area contributed by atoms with E-state index in [2.05, 4.69) is 36.4 Å². The molecule has 148 valence electrons. The van der Waals surface area contributed by atoms with E-state index in [1.165, 1.54) is 23.1 Å². The van der Waals surface area contributed by atoms with Crippen molar-refractivity contribution in [3.05, 3.63) is 56.8 Å². The molecule has 0 aliphatic heterocycles. The van der Waals surface area contributed by atoms with Crippen molar-refractivity contribution in [3.63, 3.8) is 0 Å². The molecule has 0 radical (unpaired) electrons. The number of anilines is 1. The predicted octanol–water partition coefficient (Wildman–Crippen LogP) is 3.96. The van der Waals surface area contributed by atoms with E-state index in [9.17, 15) is 18.0 Å². The zero-order chi connectivity index (χ0) is 20.4. The van der Waals surface area contributed by atoms with Gasteiger partial charge in [-0.05, 0) is 35.0 Å². The van der Waals surface area contributed by atoms with Crippen molar-refractivity contribution in [3.8, 4) is 0 Å². The van der Waals surface area contributed by atoms with Crippen LogP contribution in [-0.4, -0.2) is 30.5 Å². The van der Waals surface area contributed by atoms with E-state index in [0.717, 1.165) is 4.68 Å². The van der Waals surface area contributed by atoms with Crippen LogP contribution in [0.2, 0.25) is 5.02 Å². The molecule has 12 heteroatoms. The van der Waals surface area contributed by atoms with E-state index in [0.29, 0.717) is 5.69 Å². The number of nitrogens with one attached hydrogen (secondary N) is 1. The lowest BCUT2D eigenvalue weighted by molar-refractivity contribution is -0.117. The third-order valence-electron chi connectivity index (χ3n) is 3.83. The molecular formula is C16H13BrClF3N6O. The van der Waals surface area contributed by atoms with E-state index in [4.69, 9.17) is 11.6 Å². The van der Waals surface area contributed by atoms with E-state index >= 15 is 0 Å². The van der Waals surface area contributed by atoms with E-state index in [-0.39, 0.29) is 34.1 Å². The van der Waals surface area contributed by atoms with Gasteiger partial charge in [0.25, 0.3) is 6.43 Å². The highest BCUT2D eigenvalue weighted by Crippen LogP contribution is 2.29. The molecule has 0 saturated heterocycles. The summed E-state index contributed by atoms with van der Waals surface area (Å²) in [5.41, 5.74) is 0.191. The molecule has 0 saturated carbocycles. The molecule has 0 aliphatic carbocycles. The number of benzene rings is 1. The molecule has 0 atom stereocenters. The minimum atomic E-state index is -2.76. The summed E-state index contributed by atoms with van der Waals surface area (Å²) < 4.78 is 42.2. The number of carbonyl (C=O) groups is 1. The van der Waals surface area contributed by atoms with Gasteiger partial charge in [0.1, 0.15) is 24.4 Å². The fourth-order valence-electron chi connectivity index (χ4n) is 2.41. The Morgan fingerprint density at radius 2 is 2.11 bits per heavy atom. The lowest BCUT2D eigenvalue weighted by Gasteiger charge is -2.05. The molecule has 3 aromatic rings. The van der Waals surface area contributed by atoms with Gasteiger partial charge in [-0.1, -0.05) is 17.7 Å². The van der Waals surface area contributed by atoms with E-state index < -0.39 is 23.8 Å². The second-order valence-corrected chi connectivity index (χ2v) is 6.96. The van der Waals surface area contributed by atoms with Crippen LogP contribution in [0.3, 0.4) is 0 Å². The van der Waals surface area contributed by atoms with Crippen molar-refractivity contribution in [2.75, 3.05) is 5.32 Å². The van der Waals surface area contributed by atoms with Gasteiger partial charge in [-0.3, -0.25) is 14.8 Å². The number of hydrogen-bond donors (Lipinski definition) is 1. The Labute approximate surface area is 170 Å². The van der Waals surface area contributed by atoms with Crippen LogP contribution in [0.25, 0.3) is 0 Å². The van der Waals surface area contributed by atoms with Crippen molar-refractivity contribution in [2.45, 2.75) is 26.4 Å². The number of nitrogens with zero attached hydrogens (tertiary/aromatic N) is 5. The van der Waals surface area contributed by atoms with Crippen LogP contribution in [0.4, 0.5) is 19.1 Å². The first-order valence-electron chi connectivity index (χ1n) is 7.89. The molecule has 0 spiro atoms. The van der Waals surface area contributed by atoms with Gasteiger partial charge in [-0.15, -0.1) is 5.10 Å². The number of alkyl halides is 2. The Bertz CT molecular complexity index is 1000. The largest absolute Gasteiger partial charge is 0.292 e. The standard InChI is InChI=1S/C16H13BrClF3N6O/c1-8-13(17)14(15(20)21)24-27(8)6-12(28)23-16-22-7-26(25-16)5-9-10(18)3-2-4-11(9)19/h2-4,7,15H,5-6H2,1H3,(H,23,25,28). The monoisotopic (exact) mass is 476 g/mol. The van der Waals surface area contributed by atoms with Crippen LogP contribution in [0.15, 0.2) is 29.0 Å². The fraction of sp³-hybridized carbons (Fsp3) is 0.250. The van der Waals surface area contributed by atoms with Crippen molar-refractivity contribution < 1.29 is 18.0 Å². The smallest absolute Gasteiger partial charge is 0.283 e. The molecule has 3 rings (SSSR count). The molecule has 1 amide bonds. The van der Waals surface area contributed by atoms with Gasteiger partial charge < -0.3 is 0 Å². The van der Waals surface area contributed by atoms with Crippen LogP contribution in [0.5, 0.6) is 0 Å². The van der Waals surface area contributed by atoms with Gasteiger partial charge >= 0.3 is 0 Å². The van der Waals surface area contributed by atoms with Gasteiger partial charge in [0, 0.05) is 10.6 Å². The van der Waals surface area contributed by atoms with Gasteiger partial charge in [-0.2, -0.15) is 5.10 Å². The highest BCUT2D eigenvalue weighted by molar-refractivity contribution is 9.10. The second kappa shape index (κ2) is 8.31. The molecule has 0 aliphatic rings. The van der Waals surface area contributed by atoms with Crippen LogP contribution in [0, 0.1) is 12.7 Å². The molecule has 0 unspecified atom stereocenters. The minimum Gasteiger partial charge on any atom is -0.292 e. The molecule has 0 fully saturated rings. The minimum absolute atomic E-state index is 0.0181. The Balaban J connectivity index is 1.67. The number of halogens is 5. The van der Waals surface area contributed by atoms with Crippen LogP contribution < -0.4 is 5.32 Å². The topological polar surface area (TPSA) is 77.6 Å². The van der Waals surface area contributed by atoms with Crippen LogP contribution in [0.1, 0.15) is 23.4 Å². The molecular weight excluding hydrogens is 465 g/mol. The average molecular weight is 478 g/mol. The maximum atomic E-state index is 13.8. The van der Waals surface area contributed by atoms with Crippen LogP contribution >= 0.6 is 27.5 Å². The van der Waals surface area contributed by atoms with Crippen LogP contribution in [-0.2, 0) is 17.9 Å². The first-order chi connectivity index (χ1) is 13.3. The van der Waals surface area contributed by atoms with Crippen molar-refractivity contribution >= 4 is 39.4 Å². The Morgan fingerprint density at radius 3 is 2.75 bits per heavy atom. The molecule has 0 bridgehead atoms. The third-order valence-corrected chi connectivity index (χ3v) is 5.16. The summed E-state index contributed by atoms with van der Waals surface area (Å²) >= 11 is 9.01. The highest BCUT2D eigenvalue weighted by atomic mass is 79.9. The molecule has 28 heavy (non-hydrogen) atoms. The summed E-state index contributed by atoms with van der Waals surface area (Å²) in [7, 11) is 0. The molecule has 1 aromatic carbocycles. The maximum Gasteiger partial charge on any atom is 0.283 e. The van der Waals surface area contributed by atoms with Gasteiger partial charge in [0.15, 0.2) is 0 Å². The van der Waals surface area contributed by atoms with Gasteiger partial charge in [0.05, 0.1) is 16.7 Å². The van der Waals surface area contributed by atoms with Crippen molar-refractivity contribution in [2.24, 2.45) is 0 Å². The van der Waals surface area contributed by atoms with Crippen molar-refractivity contribution in [1.29, 1.82) is 0 Å². The summed E-state index contributed by atoms with van der Waals surface area (Å²) in [4.78, 5) is 16.1. The Kier molecular flexibility index (Phi) is 6.04. The maximum absolute atomic E-state index is 13.8. The lowest BCUT2D eigenvalue weighted by Crippen LogP contribution is -2.21. The predicted molar refractivity (Wildman–Crippen MR) is 98.8 cm³/mol. The van der Waals surface area contributed by atoms with Crippen molar-refractivity contribution in [1.82, 2.24) is 24.5 Å². The first kappa shape index (κ1) is 20.3. The highest BCUT2D eigenvalue weighted by Gasteiger charge is 2.21. The number of aromatic nitrogens is 5. The zero-order valence-electron chi connectivity index (χ0n) is 14.3. The number of carbonyl (C=O) groups excluding carboxylic acids is 1. The zero-order valence-corrected chi connectivity index (χ0v) is 16.7. The summed E-state index contributed by atoms with van der Waals surface area (Å²) in [6, 6.07) is 4.32. The summed E-state index contributed by atoms with van der Waals surface area (Å²) in [5.74, 6) is -1.06. The number of amides is 1. The van der Waals surface area contributed by atoms with E-state index in [1.807, 2.05) is 0 Å².